The number of hydrogen-bond donors (Lipinski definition) is 2. The highest BCUT2D eigenvalue weighted by atomic mass is 16.2. The number of carbonyl (C=O) groups excluding carboxylic acids is 1. The molecule has 0 aliphatic heterocycles. The molecule has 4 atom stereocenters. The Balaban J connectivity index is 1.83. The minimum atomic E-state index is 0.0472. The SMILES string of the molecule is NCC(=O)NC12CCCC(C1)C1CCC2C1. The molecule has 3 fully saturated rings. The fourth-order valence-corrected chi connectivity index (χ4v) is 4.62. The van der Waals surface area contributed by atoms with E-state index < -0.39 is 0 Å². The summed E-state index contributed by atoms with van der Waals surface area (Å²) in [5, 5.41) is 3.28. The molecular weight excluding hydrogens is 200 g/mol. The zero-order chi connectivity index (χ0) is 11.2. The molecule has 0 aromatic heterocycles. The van der Waals surface area contributed by atoms with Crippen molar-refractivity contribution in [3.63, 3.8) is 0 Å². The third-order valence-corrected chi connectivity index (χ3v) is 5.32. The molecule has 0 aromatic rings. The van der Waals surface area contributed by atoms with Gasteiger partial charge in [0, 0.05) is 5.54 Å². The van der Waals surface area contributed by atoms with Crippen molar-refractivity contribution in [1.29, 1.82) is 0 Å². The molecule has 90 valence electrons. The van der Waals surface area contributed by atoms with Gasteiger partial charge in [0.05, 0.1) is 6.54 Å². The summed E-state index contributed by atoms with van der Waals surface area (Å²) in [5.74, 6) is 2.63. The fourth-order valence-electron chi connectivity index (χ4n) is 4.62. The number of amides is 1. The standard InChI is InChI=1S/C13H22N2O/c14-8-12(16)15-13-5-1-2-10(7-13)9-3-4-11(13)6-9/h9-11H,1-8,14H2,(H,15,16). The summed E-state index contributed by atoms with van der Waals surface area (Å²) in [4.78, 5) is 11.6. The minimum Gasteiger partial charge on any atom is -0.349 e. The van der Waals surface area contributed by atoms with Gasteiger partial charge in [-0.1, -0.05) is 12.8 Å². The molecule has 3 N–H and O–H groups in total. The summed E-state index contributed by atoms with van der Waals surface area (Å²) in [6, 6.07) is 0. The van der Waals surface area contributed by atoms with Crippen LogP contribution in [0.4, 0.5) is 0 Å². The first-order valence-electron chi connectivity index (χ1n) is 6.74. The lowest BCUT2D eigenvalue weighted by molar-refractivity contribution is -0.124. The molecule has 0 radical (unpaired) electrons. The van der Waals surface area contributed by atoms with Gasteiger partial charge in [-0.25, -0.2) is 0 Å². The molecular formula is C13H22N2O. The van der Waals surface area contributed by atoms with Gasteiger partial charge in [-0.3, -0.25) is 4.79 Å². The lowest BCUT2D eigenvalue weighted by Gasteiger charge is -2.50. The number of rotatable bonds is 2. The average molecular weight is 222 g/mol. The largest absolute Gasteiger partial charge is 0.349 e. The number of nitrogens with one attached hydrogen (secondary N) is 1. The van der Waals surface area contributed by atoms with Crippen molar-refractivity contribution in [1.82, 2.24) is 5.32 Å². The van der Waals surface area contributed by atoms with E-state index >= 15 is 0 Å². The monoisotopic (exact) mass is 222 g/mol. The van der Waals surface area contributed by atoms with E-state index in [1.54, 1.807) is 0 Å². The van der Waals surface area contributed by atoms with E-state index in [2.05, 4.69) is 5.32 Å². The maximum Gasteiger partial charge on any atom is 0.234 e. The van der Waals surface area contributed by atoms with Crippen LogP contribution in [0.5, 0.6) is 0 Å². The van der Waals surface area contributed by atoms with E-state index in [0.29, 0.717) is 0 Å². The Morgan fingerprint density at radius 1 is 1.31 bits per heavy atom. The number of nitrogens with two attached hydrogens (primary N) is 1. The van der Waals surface area contributed by atoms with Crippen LogP contribution < -0.4 is 11.1 Å². The molecule has 3 nitrogen and oxygen atoms in total. The normalized spacial score (nSPS) is 45.4. The van der Waals surface area contributed by atoms with Crippen LogP contribution in [-0.4, -0.2) is 18.0 Å². The van der Waals surface area contributed by atoms with Crippen LogP contribution in [0.3, 0.4) is 0 Å². The van der Waals surface area contributed by atoms with Crippen molar-refractivity contribution < 1.29 is 4.79 Å². The second kappa shape index (κ2) is 3.73. The zero-order valence-electron chi connectivity index (χ0n) is 9.87. The van der Waals surface area contributed by atoms with Crippen LogP contribution in [0.15, 0.2) is 0 Å². The Bertz CT molecular complexity index is 304. The second-order valence-corrected chi connectivity index (χ2v) is 6.03. The predicted octanol–water partition coefficient (Wildman–Crippen LogP) is 1.42. The fraction of sp³-hybridized carbons (Fsp3) is 0.923. The van der Waals surface area contributed by atoms with Crippen LogP contribution in [0, 0.1) is 17.8 Å². The molecule has 0 spiro atoms. The number of hydrogen-bond acceptors (Lipinski definition) is 2. The first kappa shape index (κ1) is 10.6. The van der Waals surface area contributed by atoms with Crippen molar-refractivity contribution in [2.75, 3.05) is 6.54 Å². The summed E-state index contributed by atoms with van der Waals surface area (Å²) in [6.45, 7) is 0.141. The summed E-state index contributed by atoms with van der Waals surface area (Å²) in [7, 11) is 0. The zero-order valence-corrected chi connectivity index (χ0v) is 9.87. The van der Waals surface area contributed by atoms with Gasteiger partial charge in [-0.05, 0) is 49.9 Å². The molecule has 4 bridgehead atoms. The van der Waals surface area contributed by atoms with Crippen LogP contribution in [0.2, 0.25) is 0 Å². The highest BCUT2D eigenvalue weighted by molar-refractivity contribution is 5.78. The second-order valence-electron chi connectivity index (χ2n) is 6.03. The average Bonchev–Trinajstić information content (AvgIpc) is 2.75. The molecule has 3 heteroatoms. The highest BCUT2D eigenvalue weighted by Gasteiger charge is 2.52. The van der Waals surface area contributed by atoms with Crippen LogP contribution in [-0.2, 0) is 4.79 Å². The topological polar surface area (TPSA) is 55.1 Å². The summed E-state index contributed by atoms with van der Waals surface area (Å²) in [6.07, 6.45) is 9.18. The Hall–Kier alpha value is -0.570. The molecule has 0 saturated heterocycles. The maximum atomic E-state index is 11.6. The summed E-state index contributed by atoms with van der Waals surface area (Å²) < 4.78 is 0. The smallest absolute Gasteiger partial charge is 0.234 e. The van der Waals surface area contributed by atoms with E-state index in [-0.39, 0.29) is 18.0 Å². The Labute approximate surface area is 97.2 Å². The van der Waals surface area contributed by atoms with Crippen LogP contribution in [0.25, 0.3) is 0 Å². The quantitative estimate of drug-likeness (QED) is 0.742. The first-order chi connectivity index (χ1) is 7.73. The van der Waals surface area contributed by atoms with Gasteiger partial charge in [-0.15, -0.1) is 0 Å². The minimum absolute atomic E-state index is 0.0472. The molecule has 3 aliphatic rings. The van der Waals surface area contributed by atoms with Crippen molar-refractivity contribution in [3.05, 3.63) is 0 Å². The van der Waals surface area contributed by atoms with Gasteiger partial charge >= 0.3 is 0 Å². The Morgan fingerprint density at radius 2 is 2.19 bits per heavy atom. The lowest BCUT2D eigenvalue weighted by Crippen LogP contribution is -2.59. The van der Waals surface area contributed by atoms with Crippen LogP contribution in [0.1, 0.15) is 44.9 Å². The summed E-state index contributed by atoms with van der Waals surface area (Å²) in [5.41, 5.74) is 5.57. The third kappa shape index (κ3) is 1.48. The Morgan fingerprint density at radius 3 is 3.00 bits per heavy atom. The lowest BCUT2D eigenvalue weighted by atomic mass is 9.61. The van der Waals surface area contributed by atoms with Gasteiger partial charge in [0.1, 0.15) is 0 Å². The molecule has 0 heterocycles. The molecule has 1 amide bonds. The van der Waals surface area contributed by atoms with Crippen molar-refractivity contribution in [2.45, 2.75) is 50.5 Å². The summed E-state index contributed by atoms with van der Waals surface area (Å²) >= 11 is 0. The van der Waals surface area contributed by atoms with Crippen molar-refractivity contribution in [3.8, 4) is 0 Å². The molecule has 16 heavy (non-hydrogen) atoms. The van der Waals surface area contributed by atoms with Gasteiger partial charge in [0.15, 0.2) is 0 Å². The third-order valence-electron chi connectivity index (χ3n) is 5.32. The molecule has 3 aliphatic carbocycles. The van der Waals surface area contributed by atoms with Gasteiger partial charge in [0.25, 0.3) is 0 Å². The highest BCUT2D eigenvalue weighted by Crippen LogP contribution is 2.56. The van der Waals surface area contributed by atoms with E-state index in [0.717, 1.165) is 17.8 Å². The Kier molecular flexibility index (Phi) is 2.46. The first-order valence-corrected chi connectivity index (χ1v) is 6.74. The van der Waals surface area contributed by atoms with Crippen LogP contribution >= 0.6 is 0 Å². The van der Waals surface area contributed by atoms with Gasteiger partial charge in [-0.2, -0.15) is 0 Å². The van der Waals surface area contributed by atoms with E-state index in [4.69, 9.17) is 5.73 Å². The maximum absolute atomic E-state index is 11.6. The van der Waals surface area contributed by atoms with Crippen molar-refractivity contribution >= 4 is 5.91 Å². The van der Waals surface area contributed by atoms with Crippen molar-refractivity contribution in [2.24, 2.45) is 23.5 Å². The number of fused-ring (bicyclic) bond motifs is 6. The van der Waals surface area contributed by atoms with E-state index in [1.807, 2.05) is 0 Å². The van der Waals surface area contributed by atoms with Gasteiger partial charge < -0.3 is 11.1 Å². The number of carbonyl (C=O) groups is 1. The molecule has 3 rings (SSSR count). The van der Waals surface area contributed by atoms with E-state index in [1.165, 1.54) is 44.9 Å². The predicted molar refractivity (Wildman–Crippen MR) is 62.7 cm³/mol. The molecule has 4 unspecified atom stereocenters. The molecule has 3 saturated carbocycles. The molecule has 0 aromatic carbocycles. The van der Waals surface area contributed by atoms with Gasteiger partial charge in [0.2, 0.25) is 5.91 Å². The van der Waals surface area contributed by atoms with E-state index in [9.17, 15) is 4.79 Å².